The first-order chi connectivity index (χ1) is 14.8. The van der Waals surface area contributed by atoms with Crippen LogP contribution < -0.4 is 0 Å². The fraction of sp³-hybridized carbons (Fsp3) is 0.893. The molecule has 0 saturated heterocycles. The summed E-state index contributed by atoms with van der Waals surface area (Å²) in [4.78, 5) is 11.7. The summed E-state index contributed by atoms with van der Waals surface area (Å²) >= 11 is 0. The van der Waals surface area contributed by atoms with Gasteiger partial charge < -0.3 is 4.74 Å². The summed E-state index contributed by atoms with van der Waals surface area (Å²) in [5, 5.41) is 0. The van der Waals surface area contributed by atoms with Gasteiger partial charge in [0.25, 0.3) is 0 Å². The van der Waals surface area contributed by atoms with Gasteiger partial charge in [-0.05, 0) is 25.3 Å². The van der Waals surface area contributed by atoms with E-state index in [4.69, 9.17) is 4.74 Å². The summed E-state index contributed by atoms with van der Waals surface area (Å²) < 4.78 is 5.19. The van der Waals surface area contributed by atoms with Crippen LogP contribution in [-0.4, -0.2) is 5.97 Å². The Balaban J connectivity index is 3.20. The molecule has 0 aromatic carbocycles. The summed E-state index contributed by atoms with van der Waals surface area (Å²) in [7, 11) is 0. The minimum Gasteiger partial charge on any atom is -0.435 e. The highest BCUT2D eigenvalue weighted by Crippen LogP contribution is 2.13. The number of rotatable bonds is 24. The molecule has 0 aliphatic carbocycles. The van der Waals surface area contributed by atoms with Gasteiger partial charge in [0, 0.05) is 6.42 Å². The third-order valence-corrected chi connectivity index (χ3v) is 6.00. The van der Waals surface area contributed by atoms with E-state index in [9.17, 15) is 4.79 Å². The number of hydrogen-bond acceptors (Lipinski definition) is 2. The Bertz CT molecular complexity index is 362. The maximum absolute atomic E-state index is 11.7. The SMILES string of the molecule is CCCCCCCCCCCCCCCCC=COC(=O)CCCCCCCCC. The Morgan fingerprint density at radius 2 is 0.900 bits per heavy atom. The quantitative estimate of drug-likeness (QED) is 0.0878. The molecule has 0 atom stereocenters. The summed E-state index contributed by atoms with van der Waals surface area (Å²) in [5.74, 6) is -0.0687. The van der Waals surface area contributed by atoms with E-state index in [2.05, 4.69) is 13.8 Å². The molecule has 0 aromatic heterocycles. The van der Waals surface area contributed by atoms with E-state index in [1.54, 1.807) is 6.26 Å². The Morgan fingerprint density at radius 3 is 1.33 bits per heavy atom. The third kappa shape index (κ3) is 25.2. The van der Waals surface area contributed by atoms with E-state index in [1.165, 1.54) is 122 Å². The highest BCUT2D eigenvalue weighted by molar-refractivity contribution is 5.69. The number of carbonyl (C=O) groups is 1. The van der Waals surface area contributed by atoms with E-state index in [-0.39, 0.29) is 5.97 Å². The molecule has 0 spiro atoms. The molecule has 0 unspecified atom stereocenters. The standard InChI is InChI=1S/C28H54O2/c1-3-5-7-9-11-12-13-14-15-16-17-18-19-21-23-25-27-30-28(29)26-24-22-20-10-8-6-4-2/h25,27H,3-24,26H2,1-2H3. The Morgan fingerprint density at radius 1 is 0.533 bits per heavy atom. The van der Waals surface area contributed by atoms with Crippen LogP contribution in [0.15, 0.2) is 12.3 Å². The number of esters is 1. The Hall–Kier alpha value is -0.790. The lowest BCUT2D eigenvalue weighted by Crippen LogP contribution is -1.98. The van der Waals surface area contributed by atoms with Gasteiger partial charge in [0.15, 0.2) is 0 Å². The Kier molecular flexibility index (Phi) is 25.6. The third-order valence-electron chi connectivity index (χ3n) is 6.00. The van der Waals surface area contributed by atoms with Gasteiger partial charge in [-0.3, -0.25) is 4.79 Å². The predicted molar refractivity (Wildman–Crippen MR) is 133 cm³/mol. The van der Waals surface area contributed by atoms with Crippen molar-refractivity contribution in [2.45, 2.75) is 162 Å². The van der Waals surface area contributed by atoms with Crippen molar-refractivity contribution in [3.05, 3.63) is 12.3 Å². The molecule has 0 aromatic rings. The van der Waals surface area contributed by atoms with E-state index >= 15 is 0 Å². The van der Waals surface area contributed by atoms with Crippen molar-refractivity contribution in [2.24, 2.45) is 0 Å². The van der Waals surface area contributed by atoms with Gasteiger partial charge >= 0.3 is 5.97 Å². The first kappa shape index (κ1) is 29.2. The maximum Gasteiger partial charge on any atom is 0.310 e. The lowest BCUT2D eigenvalue weighted by molar-refractivity contribution is -0.138. The molecule has 0 radical (unpaired) electrons. The van der Waals surface area contributed by atoms with Crippen molar-refractivity contribution in [2.75, 3.05) is 0 Å². The predicted octanol–water partition coefficient (Wildman–Crippen LogP) is 10.1. The minimum absolute atomic E-state index is 0.0687. The lowest BCUT2D eigenvalue weighted by atomic mass is 10.0. The maximum atomic E-state index is 11.7. The molecule has 0 aliphatic heterocycles. The minimum atomic E-state index is -0.0687. The molecule has 0 amide bonds. The normalized spacial score (nSPS) is 11.4. The van der Waals surface area contributed by atoms with Crippen molar-refractivity contribution >= 4 is 5.97 Å². The highest BCUT2D eigenvalue weighted by Gasteiger charge is 2.00. The number of carbonyl (C=O) groups excluding carboxylic acids is 1. The topological polar surface area (TPSA) is 26.3 Å². The Labute approximate surface area is 189 Å². The molecule has 0 aliphatic rings. The van der Waals surface area contributed by atoms with E-state index in [0.29, 0.717) is 6.42 Å². The van der Waals surface area contributed by atoms with Crippen LogP contribution in [0.4, 0.5) is 0 Å². The van der Waals surface area contributed by atoms with Crippen molar-refractivity contribution in [3.63, 3.8) is 0 Å². The zero-order valence-corrected chi connectivity index (χ0v) is 20.7. The van der Waals surface area contributed by atoms with E-state index < -0.39 is 0 Å². The highest BCUT2D eigenvalue weighted by atomic mass is 16.5. The first-order valence-corrected chi connectivity index (χ1v) is 13.7. The van der Waals surface area contributed by atoms with E-state index in [1.807, 2.05) is 6.08 Å². The summed E-state index contributed by atoms with van der Waals surface area (Å²) in [6.45, 7) is 4.52. The second-order valence-electron chi connectivity index (χ2n) is 9.12. The number of ether oxygens (including phenoxy) is 1. The molecule has 178 valence electrons. The van der Waals surface area contributed by atoms with Crippen LogP contribution in [0.3, 0.4) is 0 Å². The molecule has 30 heavy (non-hydrogen) atoms. The second kappa shape index (κ2) is 26.2. The van der Waals surface area contributed by atoms with Crippen LogP contribution in [0.25, 0.3) is 0 Å². The van der Waals surface area contributed by atoms with Gasteiger partial charge in [-0.15, -0.1) is 0 Å². The number of hydrogen-bond donors (Lipinski definition) is 0. The van der Waals surface area contributed by atoms with Crippen molar-refractivity contribution in [3.8, 4) is 0 Å². The number of unbranched alkanes of at least 4 members (excludes halogenated alkanes) is 20. The molecular weight excluding hydrogens is 368 g/mol. The second-order valence-corrected chi connectivity index (χ2v) is 9.12. The fourth-order valence-electron chi connectivity index (χ4n) is 3.93. The molecule has 0 rings (SSSR count). The molecule has 2 heteroatoms. The zero-order valence-electron chi connectivity index (χ0n) is 20.7. The van der Waals surface area contributed by atoms with Gasteiger partial charge in [0.1, 0.15) is 0 Å². The zero-order chi connectivity index (χ0) is 22.0. The van der Waals surface area contributed by atoms with Crippen LogP contribution >= 0.6 is 0 Å². The molecular formula is C28H54O2. The average molecular weight is 423 g/mol. The molecule has 0 bridgehead atoms. The fourth-order valence-corrected chi connectivity index (χ4v) is 3.93. The first-order valence-electron chi connectivity index (χ1n) is 13.7. The lowest BCUT2D eigenvalue weighted by Gasteiger charge is -2.03. The smallest absolute Gasteiger partial charge is 0.310 e. The monoisotopic (exact) mass is 422 g/mol. The van der Waals surface area contributed by atoms with Crippen LogP contribution in [0.2, 0.25) is 0 Å². The molecule has 0 heterocycles. The summed E-state index contributed by atoms with van der Waals surface area (Å²) in [6, 6.07) is 0. The van der Waals surface area contributed by atoms with Gasteiger partial charge in [0.05, 0.1) is 6.26 Å². The van der Waals surface area contributed by atoms with Gasteiger partial charge in [-0.25, -0.2) is 0 Å². The van der Waals surface area contributed by atoms with Crippen molar-refractivity contribution in [1.29, 1.82) is 0 Å². The van der Waals surface area contributed by atoms with Crippen LogP contribution in [0.5, 0.6) is 0 Å². The largest absolute Gasteiger partial charge is 0.435 e. The van der Waals surface area contributed by atoms with Gasteiger partial charge in [-0.1, -0.05) is 136 Å². The number of allylic oxidation sites excluding steroid dienone is 1. The summed E-state index contributed by atoms with van der Waals surface area (Å²) in [5.41, 5.74) is 0. The van der Waals surface area contributed by atoms with Crippen molar-refractivity contribution < 1.29 is 9.53 Å². The van der Waals surface area contributed by atoms with Crippen molar-refractivity contribution in [1.82, 2.24) is 0 Å². The summed E-state index contributed by atoms with van der Waals surface area (Å²) in [6.07, 6.45) is 33.4. The average Bonchev–Trinajstić information content (AvgIpc) is 2.75. The molecule has 2 nitrogen and oxygen atoms in total. The van der Waals surface area contributed by atoms with E-state index in [0.717, 1.165) is 19.3 Å². The van der Waals surface area contributed by atoms with Crippen LogP contribution in [-0.2, 0) is 9.53 Å². The molecule has 0 N–H and O–H groups in total. The van der Waals surface area contributed by atoms with Gasteiger partial charge in [-0.2, -0.15) is 0 Å². The molecule has 0 fully saturated rings. The van der Waals surface area contributed by atoms with Gasteiger partial charge in [0.2, 0.25) is 0 Å². The van der Waals surface area contributed by atoms with Crippen LogP contribution in [0, 0.1) is 0 Å². The van der Waals surface area contributed by atoms with Crippen LogP contribution in [0.1, 0.15) is 162 Å². The molecule has 0 saturated carbocycles.